The first-order chi connectivity index (χ1) is 17.2. The summed E-state index contributed by atoms with van der Waals surface area (Å²) in [6.45, 7) is 7.19. The molecule has 36 heavy (non-hydrogen) atoms. The number of alkyl halides is 3. The van der Waals surface area contributed by atoms with E-state index in [1.54, 1.807) is 13.1 Å². The predicted molar refractivity (Wildman–Crippen MR) is 143 cm³/mol. The van der Waals surface area contributed by atoms with Gasteiger partial charge in [-0.3, -0.25) is 0 Å². The molecule has 0 aliphatic carbocycles. The highest BCUT2D eigenvalue weighted by Crippen LogP contribution is 2.34. The van der Waals surface area contributed by atoms with Gasteiger partial charge in [-0.25, -0.2) is 9.97 Å². The SMILES string of the molecule is C/C=C\C=C/c1cnc(-c2c(C)nc(NCC(F)(F)F)nc2NCCC(CCC)C(O)CCCC)s1. The summed E-state index contributed by atoms with van der Waals surface area (Å²) in [5, 5.41) is 16.9. The number of unbranched alkanes of at least 4 members (excludes halogenated alkanes) is 1. The third-order valence-corrected chi connectivity index (χ3v) is 6.68. The molecule has 0 spiro atoms. The van der Waals surface area contributed by atoms with Crippen molar-refractivity contribution >= 4 is 29.2 Å². The van der Waals surface area contributed by atoms with Crippen molar-refractivity contribution in [2.45, 2.75) is 78.5 Å². The molecule has 0 saturated carbocycles. The molecule has 200 valence electrons. The molecule has 0 radical (unpaired) electrons. The number of aliphatic hydroxyl groups is 1. The van der Waals surface area contributed by atoms with Crippen LogP contribution in [0.2, 0.25) is 0 Å². The molecule has 0 bridgehead atoms. The van der Waals surface area contributed by atoms with E-state index >= 15 is 0 Å². The van der Waals surface area contributed by atoms with Crippen LogP contribution in [0, 0.1) is 12.8 Å². The van der Waals surface area contributed by atoms with Crippen LogP contribution in [-0.4, -0.2) is 45.4 Å². The summed E-state index contributed by atoms with van der Waals surface area (Å²) >= 11 is 1.46. The quantitative estimate of drug-likeness (QED) is 0.213. The fourth-order valence-electron chi connectivity index (χ4n) is 3.88. The second-order valence-electron chi connectivity index (χ2n) is 8.75. The van der Waals surface area contributed by atoms with E-state index in [1.165, 1.54) is 11.3 Å². The number of anilines is 2. The molecular formula is C26H38F3N5OS. The van der Waals surface area contributed by atoms with E-state index < -0.39 is 12.7 Å². The summed E-state index contributed by atoms with van der Waals surface area (Å²) in [5.74, 6) is 0.490. The van der Waals surface area contributed by atoms with Crippen LogP contribution in [0.5, 0.6) is 0 Å². The molecule has 3 N–H and O–H groups in total. The number of nitrogens with zero attached hydrogens (tertiary/aromatic N) is 3. The number of aryl methyl sites for hydroxylation is 1. The lowest BCUT2D eigenvalue weighted by Gasteiger charge is -2.23. The van der Waals surface area contributed by atoms with Gasteiger partial charge in [0.05, 0.1) is 17.4 Å². The zero-order valence-corrected chi connectivity index (χ0v) is 22.3. The van der Waals surface area contributed by atoms with Crippen molar-refractivity contribution < 1.29 is 18.3 Å². The van der Waals surface area contributed by atoms with E-state index in [9.17, 15) is 18.3 Å². The lowest BCUT2D eigenvalue weighted by Crippen LogP contribution is -2.24. The lowest BCUT2D eigenvalue weighted by molar-refractivity contribution is -0.115. The Hall–Kier alpha value is -2.46. The van der Waals surface area contributed by atoms with Gasteiger partial charge in [-0.15, -0.1) is 11.3 Å². The van der Waals surface area contributed by atoms with Crippen LogP contribution in [0.25, 0.3) is 16.6 Å². The molecule has 2 unspecified atom stereocenters. The normalized spacial score (nSPS) is 14.0. The van der Waals surface area contributed by atoms with Gasteiger partial charge in [0, 0.05) is 17.6 Å². The van der Waals surface area contributed by atoms with Crippen molar-refractivity contribution in [3.63, 3.8) is 0 Å². The Bertz CT molecular complexity index is 990. The fourth-order valence-corrected chi connectivity index (χ4v) is 4.81. The van der Waals surface area contributed by atoms with Crippen LogP contribution in [0.4, 0.5) is 24.9 Å². The van der Waals surface area contributed by atoms with Crippen molar-refractivity contribution in [2.75, 3.05) is 23.7 Å². The third kappa shape index (κ3) is 9.89. The lowest BCUT2D eigenvalue weighted by atomic mass is 9.90. The second-order valence-corrected chi connectivity index (χ2v) is 9.81. The van der Waals surface area contributed by atoms with Crippen molar-refractivity contribution in [1.82, 2.24) is 15.0 Å². The molecule has 2 aromatic heterocycles. The van der Waals surface area contributed by atoms with Gasteiger partial charge in [0.15, 0.2) is 0 Å². The molecule has 10 heteroatoms. The Morgan fingerprint density at radius 1 is 1.08 bits per heavy atom. The van der Waals surface area contributed by atoms with Gasteiger partial charge in [0.25, 0.3) is 0 Å². The highest BCUT2D eigenvalue weighted by atomic mass is 32.1. The first kappa shape index (κ1) is 29.8. The molecule has 0 aromatic carbocycles. The van der Waals surface area contributed by atoms with Crippen molar-refractivity contribution in [1.29, 1.82) is 0 Å². The number of nitrogens with one attached hydrogen (secondary N) is 2. The zero-order valence-electron chi connectivity index (χ0n) is 21.5. The number of allylic oxidation sites excluding steroid dienone is 3. The van der Waals surface area contributed by atoms with Gasteiger partial charge in [-0.2, -0.15) is 18.2 Å². The van der Waals surface area contributed by atoms with Crippen molar-refractivity contribution in [2.24, 2.45) is 5.92 Å². The average molecular weight is 526 g/mol. The standard InChI is InChI=1S/C26H38F3N5OS/c1-5-8-10-12-20-16-31-24(36-20)22-18(4)33-25(32-17-26(27,28)29)34-23(22)30-15-14-19(11-7-3)21(35)13-9-6-2/h5,8,10,12,16,19,21,35H,6-7,9,11,13-15,17H2,1-4H3,(H2,30,32,33,34)/b8-5-,12-10-. The van der Waals surface area contributed by atoms with E-state index in [1.807, 2.05) is 31.2 Å². The van der Waals surface area contributed by atoms with Gasteiger partial charge < -0.3 is 15.7 Å². The molecule has 2 aromatic rings. The van der Waals surface area contributed by atoms with Crippen LogP contribution in [-0.2, 0) is 0 Å². The molecule has 0 aliphatic rings. The van der Waals surface area contributed by atoms with Gasteiger partial charge in [-0.1, -0.05) is 51.3 Å². The predicted octanol–water partition coefficient (Wildman–Crippen LogP) is 7.24. The van der Waals surface area contributed by atoms with Gasteiger partial charge in [0.1, 0.15) is 17.4 Å². The molecular weight excluding hydrogens is 487 g/mol. The number of thiazole rings is 1. The van der Waals surface area contributed by atoms with E-state index in [4.69, 9.17) is 0 Å². The summed E-state index contributed by atoms with van der Waals surface area (Å²) in [5.41, 5.74) is 1.20. The third-order valence-electron chi connectivity index (χ3n) is 5.70. The number of hydrogen-bond donors (Lipinski definition) is 3. The summed E-state index contributed by atoms with van der Waals surface area (Å²) in [6, 6.07) is 0. The van der Waals surface area contributed by atoms with Gasteiger partial charge in [-0.05, 0) is 45.1 Å². The molecule has 0 aliphatic heterocycles. The molecule has 0 fully saturated rings. The van der Waals surface area contributed by atoms with Crippen LogP contribution in [0.1, 0.15) is 69.9 Å². The number of hydrogen-bond acceptors (Lipinski definition) is 7. The monoisotopic (exact) mass is 525 g/mol. The largest absolute Gasteiger partial charge is 0.405 e. The van der Waals surface area contributed by atoms with Gasteiger partial charge >= 0.3 is 6.18 Å². The smallest absolute Gasteiger partial charge is 0.393 e. The minimum Gasteiger partial charge on any atom is -0.393 e. The van der Waals surface area contributed by atoms with Crippen molar-refractivity contribution in [3.8, 4) is 10.6 Å². The maximum Gasteiger partial charge on any atom is 0.405 e. The first-order valence-corrected chi connectivity index (χ1v) is 13.4. The zero-order chi connectivity index (χ0) is 26.6. The van der Waals surface area contributed by atoms with Gasteiger partial charge in [0.2, 0.25) is 5.95 Å². The minimum atomic E-state index is -4.38. The Balaban J connectivity index is 2.29. The fraction of sp³-hybridized carbons (Fsp3) is 0.577. The van der Waals surface area contributed by atoms with Crippen LogP contribution in [0.15, 0.2) is 24.4 Å². The first-order valence-electron chi connectivity index (χ1n) is 12.5. The second kappa shape index (κ2) is 14.9. The summed E-state index contributed by atoms with van der Waals surface area (Å²) in [4.78, 5) is 14.1. The van der Waals surface area contributed by atoms with E-state index in [2.05, 4.69) is 39.4 Å². The summed E-state index contributed by atoms with van der Waals surface area (Å²) in [7, 11) is 0. The van der Waals surface area contributed by atoms with Crippen molar-refractivity contribution in [3.05, 3.63) is 35.0 Å². The number of rotatable bonds is 15. The Kier molecular flexibility index (Phi) is 12.4. The Morgan fingerprint density at radius 3 is 2.53 bits per heavy atom. The highest BCUT2D eigenvalue weighted by Gasteiger charge is 2.28. The van der Waals surface area contributed by atoms with E-state index in [0.29, 0.717) is 28.6 Å². The molecule has 0 saturated heterocycles. The Labute approximate surface area is 216 Å². The van der Waals surface area contributed by atoms with Crippen LogP contribution in [0.3, 0.4) is 0 Å². The Morgan fingerprint density at radius 2 is 1.86 bits per heavy atom. The molecule has 2 rings (SSSR count). The van der Waals surface area contributed by atoms with E-state index in [0.717, 1.165) is 43.4 Å². The molecule has 2 heterocycles. The van der Waals surface area contributed by atoms with Crippen LogP contribution >= 0.6 is 11.3 Å². The maximum atomic E-state index is 12.8. The molecule has 2 atom stereocenters. The minimum absolute atomic E-state index is 0.0890. The number of aromatic nitrogens is 3. The highest BCUT2D eigenvalue weighted by molar-refractivity contribution is 7.15. The summed E-state index contributed by atoms with van der Waals surface area (Å²) < 4.78 is 38.3. The van der Waals surface area contributed by atoms with E-state index in [-0.39, 0.29) is 18.0 Å². The summed E-state index contributed by atoms with van der Waals surface area (Å²) in [6.07, 6.45) is 10.1. The number of aliphatic hydroxyl groups excluding tert-OH is 1. The maximum absolute atomic E-state index is 12.8. The topological polar surface area (TPSA) is 83.0 Å². The average Bonchev–Trinajstić information content (AvgIpc) is 3.28. The number of halogens is 3. The molecule has 0 amide bonds. The molecule has 6 nitrogen and oxygen atoms in total. The van der Waals surface area contributed by atoms with Crippen LogP contribution < -0.4 is 10.6 Å².